The van der Waals surface area contributed by atoms with Crippen molar-refractivity contribution in [3.63, 3.8) is 0 Å². The lowest BCUT2D eigenvalue weighted by Gasteiger charge is -2.15. The molecule has 1 atom stereocenters. The molecule has 124 valence electrons. The molecule has 0 saturated heterocycles. The summed E-state index contributed by atoms with van der Waals surface area (Å²) in [6, 6.07) is 3.61. The van der Waals surface area contributed by atoms with Crippen molar-refractivity contribution in [1.82, 2.24) is 10.2 Å². The van der Waals surface area contributed by atoms with Gasteiger partial charge in [-0.1, -0.05) is 12.1 Å². The average Bonchev–Trinajstić information content (AvgIpc) is 2.73. The van der Waals surface area contributed by atoms with Crippen molar-refractivity contribution in [2.75, 3.05) is 20.7 Å². The van der Waals surface area contributed by atoms with Crippen LogP contribution in [-0.4, -0.2) is 43.0 Å². The van der Waals surface area contributed by atoms with Crippen LogP contribution >= 0.6 is 0 Å². The number of hydrogen-bond acceptors (Lipinski definition) is 5. The largest absolute Gasteiger partial charge is 0.586 e. The number of rotatable bonds is 7. The molecule has 0 spiro atoms. The summed E-state index contributed by atoms with van der Waals surface area (Å²) in [6.45, 7) is 2.84. The molecule has 0 aromatic heterocycles. The van der Waals surface area contributed by atoms with Crippen molar-refractivity contribution in [2.45, 2.75) is 38.8 Å². The number of hydrogen-bond donors (Lipinski definition) is 2. The van der Waals surface area contributed by atoms with Gasteiger partial charge < -0.3 is 24.8 Å². The summed E-state index contributed by atoms with van der Waals surface area (Å²) in [4.78, 5) is 1.87. The number of ether oxygens (including phenoxy) is 2. The first-order valence-electron chi connectivity index (χ1n) is 7.22. The first-order valence-corrected chi connectivity index (χ1v) is 7.22. The lowest BCUT2D eigenvalue weighted by atomic mass is 10.1. The summed E-state index contributed by atoms with van der Waals surface area (Å²) in [5.41, 5.74) is 1.27. The van der Waals surface area contributed by atoms with Gasteiger partial charge in [0.05, 0.1) is 0 Å². The molecular weight excluding hydrogens is 294 g/mol. The molecule has 0 bridgehead atoms. The van der Waals surface area contributed by atoms with E-state index in [1.807, 2.05) is 25.9 Å². The van der Waals surface area contributed by atoms with Crippen LogP contribution in [0.4, 0.5) is 8.78 Å². The molecule has 0 amide bonds. The lowest BCUT2D eigenvalue weighted by molar-refractivity contribution is -0.287. The van der Waals surface area contributed by atoms with Crippen molar-refractivity contribution in [3.8, 4) is 11.5 Å². The van der Waals surface area contributed by atoms with Crippen LogP contribution in [-0.2, 0) is 13.1 Å². The van der Waals surface area contributed by atoms with E-state index in [0.29, 0.717) is 30.6 Å². The van der Waals surface area contributed by atoms with Gasteiger partial charge in [0.15, 0.2) is 11.5 Å². The number of alkyl halides is 2. The Labute approximate surface area is 128 Å². The molecule has 7 heteroatoms. The average molecular weight is 316 g/mol. The number of halogens is 2. The fraction of sp³-hybridized carbons (Fsp3) is 0.600. The van der Waals surface area contributed by atoms with Crippen LogP contribution in [0.2, 0.25) is 0 Å². The fourth-order valence-electron chi connectivity index (χ4n) is 2.31. The molecule has 2 N–H and O–H groups in total. The van der Waals surface area contributed by atoms with Crippen molar-refractivity contribution < 1.29 is 23.4 Å². The van der Waals surface area contributed by atoms with Gasteiger partial charge in [-0.2, -0.15) is 0 Å². The highest BCUT2D eigenvalue weighted by molar-refractivity contribution is 5.54. The van der Waals surface area contributed by atoms with Crippen LogP contribution in [0.3, 0.4) is 0 Å². The van der Waals surface area contributed by atoms with Gasteiger partial charge >= 0.3 is 6.29 Å². The minimum atomic E-state index is -3.63. The zero-order valence-electron chi connectivity index (χ0n) is 13.0. The smallest absolute Gasteiger partial charge is 0.396 e. The Balaban J connectivity index is 2.21. The number of nitrogens with zero attached hydrogens (tertiary/aromatic N) is 1. The van der Waals surface area contributed by atoms with Crippen LogP contribution in [0.15, 0.2) is 12.1 Å². The second kappa shape index (κ2) is 6.76. The maximum absolute atomic E-state index is 13.4. The molecule has 1 aliphatic heterocycles. The van der Waals surface area contributed by atoms with Crippen LogP contribution in [0, 0.1) is 0 Å². The van der Waals surface area contributed by atoms with E-state index < -0.39 is 6.29 Å². The highest BCUT2D eigenvalue weighted by atomic mass is 19.3. The Hall–Kier alpha value is -1.44. The van der Waals surface area contributed by atoms with Crippen molar-refractivity contribution >= 4 is 0 Å². The minimum Gasteiger partial charge on any atom is -0.396 e. The summed E-state index contributed by atoms with van der Waals surface area (Å²) >= 11 is 0. The zero-order valence-corrected chi connectivity index (χ0v) is 13.0. The molecule has 0 unspecified atom stereocenters. The molecule has 0 radical (unpaired) electrons. The number of benzene rings is 1. The third kappa shape index (κ3) is 4.06. The van der Waals surface area contributed by atoms with Crippen molar-refractivity contribution in [1.29, 1.82) is 0 Å². The Bertz CT molecular complexity index is 524. The van der Waals surface area contributed by atoms with E-state index in [4.69, 9.17) is 5.11 Å². The van der Waals surface area contributed by atoms with Crippen LogP contribution in [0.25, 0.3) is 0 Å². The Morgan fingerprint density at radius 1 is 1.23 bits per heavy atom. The van der Waals surface area contributed by atoms with Gasteiger partial charge in [-0.25, -0.2) is 0 Å². The van der Waals surface area contributed by atoms with Gasteiger partial charge in [-0.3, -0.25) is 0 Å². The normalized spacial score (nSPS) is 17.0. The summed E-state index contributed by atoms with van der Waals surface area (Å²) < 4.78 is 36.2. The number of nitrogens with one attached hydrogen (secondary N) is 1. The molecule has 5 nitrogen and oxygen atoms in total. The molecule has 1 heterocycles. The van der Waals surface area contributed by atoms with Gasteiger partial charge in [-0.05, 0) is 27.4 Å². The van der Waals surface area contributed by atoms with E-state index in [-0.39, 0.29) is 24.1 Å². The second-order valence-electron chi connectivity index (χ2n) is 5.74. The highest BCUT2D eigenvalue weighted by Gasteiger charge is 2.45. The van der Waals surface area contributed by atoms with Crippen molar-refractivity contribution in [3.05, 3.63) is 23.3 Å². The quantitative estimate of drug-likeness (QED) is 0.805. The van der Waals surface area contributed by atoms with E-state index in [1.54, 1.807) is 12.1 Å². The van der Waals surface area contributed by atoms with E-state index in [9.17, 15) is 8.78 Å². The van der Waals surface area contributed by atoms with E-state index >= 15 is 0 Å². The molecule has 2 rings (SSSR count). The summed E-state index contributed by atoms with van der Waals surface area (Å²) in [5.74, 6) is 0.195. The minimum absolute atomic E-state index is 0.0740. The SMILES string of the molecule is C[C@H](CCO)NCc1ccc(CN(C)C)c2c1OC(F)(F)O2. The molecule has 1 aliphatic rings. The van der Waals surface area contributed by atoms with E-state index in [1.165, 1.54) is 0 Å². The zero-order chi connectivity index (χ0) is 16.3. The van der Waals surface area contributed by atoms with Gasteiger partial charge in [0.2, 0.25) is 0 Å². The van der Waals surface area contributed by atoms with E-state index in [2.05, 4.69) is 14.8 Å². The Kier molecular flexibility index (Phi) is 5.20. The van der Waals surface area contributed by atoms with Crippen LogP contribution in [0.1, 0.15) is 24.5 Å². The fourth-order valence-corrected chi connectivity index (χ4v) is 2.31. The molecule has 0 fully saturated rings. The van der Waals surface area contributed by atoms with Gasteiger partial charge in [0.25, 0.3) is 0 Å². The lowest BCUT2D eigenvalue weighted by Crippen LogP contribution is -2.27. The number of fused-ring (bicyclic) bond motifs is 1. The summed E-state index contributed by atoms with van der Waals surface area (Å²) in [6.07, 6.45) is -3.04. The summed E-state index contributed by atoms with van der Waals surface area (Å²) in [7, 11) is 3.71. The van der Waals surface area contributed by atoms with E-state index in [0.717, 1.165) is 0 Å². The monoisotopic (exact) mass is 316 g/mol. The molecule has 0 aliphatic carbocycles. The first kappa shape index (κ1) is 16.9. The van der Waals surface area contributed by atoms with Crippen molar-refractivity contribution in [2.24, 2.45) is 0 Å². The van der Waals surface area contributed by atoms with Gasteiger partial charge in [0.1, 0.15) is 0 Å². The highest BCUT2D eigenvalue weighted by Crippen LogP contribution is 2.46. The van der Waals surface area contributed by atoms with Crippen LogP contribution in [0.5, 0.6) is 11.5 Å². The van der Waals surface area contributed by atoms with Crippen LogP contribution < -0.4 is 14.8 Å². The van der Waals surface area contributed by atoms with Gasteiger partial charge in [-0.15, -0.1) is 8.78 Å². The molecule has 1 aromatic rings. The molecule has 1 aromatic carbocycles. The second-order valence-corrected chi connectivity index (χ2v) is 5.74. The standard InChI is InChI=1S/C15H22F2N2O3/c1-10(6-7-20)18-8-11-4-5-12(9-19(2)3)14-13(11)21-15(16,17)22-14/h4-5,10,18,20H,6-9H2,1-3H3/t10-/m1/s1. The van der Waals surface area contributed by atoms with Gasteiger partial charge in [0, 0.05) is 36.9 Å². The third-order valence-corrected chi connectivity index (χ3v) is 3.41. The Morgan fingerprint density at radius 2 is 1.82 bits per heavy atom. The predicted molar refractivity (Wildman–Crippen MR) is 78.0 cm³/mol. The number of aliphatic hydroxyl groups is 1. The predicted octanol–water partition coefficient (Wildman–Crippen LogP) is 1.93. The molecule has 0 saturated carbocycles. The number of aliphatic hydroxyl groups excluding tert-OH is 1. The maximum Gasteiger partial charge on any atom is 0.586 e. The maximum atomic E-state index is 13.4. The first-order chi connectivity index (χ1) is 10.3. The topological polar surface area (TPSA) is 54.0 Å². The molecular formula is C15H22F2N2O3. The molecule has 22 heavy (non-hydrogen) atoms. The third-order valence-electron chi connectivity index (χ3n) is 3.41. The Morgan fingerprint density at radius 3 is 2.41 bits per heavy atom. The summed E-state index contributed by atoms with van der Waals surface area (Å²) in [5, 5.41) is 12.1.